The van der Waals surface area contributed by atoms with Crippen molar-refractivity contribution < 1.29 is 4.79 Å². The Hall–Kier alpha value is -2.12. The molecule has 1 N–H and O–H groups in total. The summed E-state index contributed by atoms with van der Waals surface area (Å²) in [7, 11) is 0. The van der Waals surface area contributed by atoms with Crippen molar-refractivity contribution in [2.75, 3.05) is 11.6 Å². The molecule has 0 bridgehead atoms. The SMILES string of the molecule is CCc1cc2c(=O)n(CC(=O)Nc3ccc(C(C)C)cc3)c(SC)nc2s1. The predicted octanol–water partition coefficient (Wildman–Crippen LogP) is 4.50. The summed E-state index contributed by atoms with van der Waals surface area (Å²) >= 11 is 2.91. The smallest absolute Gasteiger partial charge is 0.263 e. The van der Waals surface area contributed by atoms with Crippen LogP contribution in [0.2, 0.25) is 0 Å². The topological polar surface area (TPSA) is 64.0 Å². The number of fused-ring (bicyclic) bond motifs is 1. The number of nitrogens with zero attached hydrogens (tertiary/aromatic N) is 2. The van der Waals surface area contributed by atoms with Crippen molar-refractivity contribution in [1.29, 1.82) is 0 Å². The average Bonchev–Trinajstić information content (AvgIpc) is 3.07. The first kappa shape index (κ1) is 19.6. The van der Waals surface area contributed by atoms with Crippen LogP contribution in [0.4, 0.5) is 5.69 Å². The van der Waals surface area contributed by atoms with E-state index in [2.05, 4.69) is 31.1 Å². The largest absolute Gasteiger partial charge is 0.325 e. The van der Waals surface area contributed by atoms with Crippen LogP contribution in [0.25, 0.3) is 10.2 Å². The lowest BCUT2D eigenvalue weighted by atomic mass is 10.0. The fourth-order valence-electron chi connectivity index (χ4n) is 2.81. The van der Waals surface area contributed by atoms with Crippen LogP contribution in [0.1, 0.15) is 37.1 Å². The third-order valence-corrected chi connectivity index (χ3v) is 6.21. The molecule has 0 aliphatic rings. The highest BCUT2D eigenvalue weighted by molar-refractivity contribution is 7.98. The summed E-state index contributed by atoms with van der Waals surface area (Å²) in [5.74, 6) is 0.200. The minimum Gasteiger partial charge on any atom is -0.325 e. The number of nitrogens with one attached hydrogen (secondary N) is 1. The third-order valence-electron chi connectivity index (χ3n) is 4.36. The number of amides is 1. The molecule has 2 aromatic heterocycles. The first-order valence-electron chi connectivity index (χ1n) is 8.90. The molecular formula is C20H23N3O2S2. The van der Waals surface area contributed by atoms with Crippen molar-refractivity contribution in [2.24, 2.45) is 0 Å². The molecular weight excluding hydrogens is 378 g/mol. The molecule has 0 unspecified atom stereocenters. The molecule has 3 rings (SSSR count). The van der Waals surface area contributed by atoms with Gasteiger partial charge in [-0.1, -0.05) is 44.7 Å². The summed E-state index contributed by atoms with van der Waals surface area (Å²) in [5.41, 5.74) is 1.78. The number of anilines is 1. The second-order valence-corrected chi connectivity index (χ2v) is 8.49. The zero-order chi connectivity index (χ0) is 19.6. The number of hydrogen-bond acceptors (Lipinski definition) is 5. The highest BCUT2D eigenvalue weighted by atomic mass is 32.2. The number of hydrogen-bond donors (Lipinski definition) is 1. The van der Waals surface area contributed by atoms with E-state index in [4.69, 9.17) is 0 Å². The van der Waals surface area contributed by atoms with Crippen LogP contribution in [0.5, 0.6) is 0 Å². The zero-order valence-corrected chi connectivity index (χ0v) is 17.5. The average molecular weight is 402 g/mol. The van der Waals surface area contributed by atoms with Crippen LogP contribution in [0.15, 0.2) is 40.3 Å². The van der Waals surface area contributed by atoms with Gasteiger partial charge in [-0.05, 0) is 42.4 Å². The zero-order valence-electron chi connectivity index (χ0n) is 15.9. The van der Waals surface area contributed by atoms with Crippen LogP contribution < -0.4 is 10.9 Å². The number of carbonyl (C=O) groups excluding carboxylic acids is 1. The molecule has 7 heteroatoms. The number of thiophene rings is 1. The maximum Gasteiger partial charge on any atom is 0.263 e. The summed E-state index contributed by atoms with van der Waals surface area (Å²) in [6, 6.07) is 9.67. The summed E-state index contributed by atoms with van der Waals surface area (Å²) in [6.07, 6.45) is 2.73. The van der Waals surface area contributed by atoms with E-state index < -0.39 is 0 Å². The third kappa shape index (κ3) is 4.25. The first-order valence-corrected chi connectivity index (χ1v) is 10.9. The van der Waals surface area contributed by atoms with Gasteiger partial charge in [0.1, 0.15) is 11.4 Å². The number of thioether (sulfide) groups is 1. The summed E-state index contributed by atoms with van der Waals surface area (Å²) in [4.78, 5) is 31.8. The number of carbonyl (C=O) groups is 1. The van der Waals surface area contributed by atoms with Crippen LogP contribution in [-0.4, -0.2) is 21.7 Å². The minimum atomic E-state index is -0.239. The first-order chi connectivity index (χ1) is 12.9. The van der Waals surface area contributed by atoms with Gasteiger partial charge in [0.15, 0.2) is 5.16 Å². The fourth-order valence-corrected chi connectivity index (χ4v) is 4.38. The van der Waals surface area contributed by atoms with Crippen molar-refractivity contribution in [2.45, 2.75) is 44.8 Å². The Kier molecular flexibility index (Phi) is 6.01. The summed E-state index contributed by atoms with van der Waals surface area (Å²) in [5, 5.41) is 4.01. The van der Waals surface area contributed by atoms with Gasteiger partial charge in [0.2, 0.25) is 5.91 Å². The Labute approximate surface area is 166 Å². The quantitative estimate of drug-likeness (QED) is 0.488. The van der Waals surface area contributed by atoms with E-state index in [1.807, 2.05) is 36.6 Å². The van der Waals surface area contributed by atoms with Gasteiger partial charge in [-0.15, -0.1) is 11.3 Å². The van der Waals surface area contributed by atoms with Crippen molar-refractivity contribution in [1.82, 2.24) is 9.55 Å². The molecule has 0 spiro atoms. The highest BCUT2D eigenvalue weighted by Crippen LogP contribution is 2.24. The van der Waals surface area contributed by atoms with Gasteiger partial charge in [-0.3, -0.25) is 14.2 Å². The van der Waals surface area contributed by atoms with Gasteiger partial charge in [-0.25, -0.2) is 4.98 Å². The second kappa shape index (κ2) is 8.27. The maximum absolute atomic E-state index is 12.9. The van der Waals surface area contributed by atoms with Gasteiger partial charge >= 0.3 is 0 Å². The van der Waals surface area contributed by atoms with Crippen molar-refractivity contribution >= 4 is 44.9 Å². The van der Waals surface area contributed by atoms with Gasteiger partial charge in [-0.2, -0.15) is 0 Å². The molecule has 142 valence electrons. The molecule has 27 heavy (non-hydrogen) atoms. The van der Waals surface area contributed by atoms with Crippen molar-refractivity contribution in [3.63, 3.8) is 0 Å². The molecule has 0 fully saturated rings. The van der Waals surface area contributed by atoms with Gasteiger partial charge < -0.3 is 5.32 Å². The lowest BCUT2D eigenvalue weighted by Gasteiger charge is -2.12. The number of rotatable bonds is 6. The standard InChI is InChI=1S/C20H23N3O2S2/c1-5-15-10-16-18(27-15)22-20(26-4)23(19(16)25)11-17(24)21-14-8-6-13(7-9-14)12(2)3/h6-10,12H,5,11H2,1-4H3,(H,21,24). The summed E-state index contributed by atoms with van der Waals surface area (Å²) < 4.78 is 1.46. The molecule has 0 saturated heterocycles. The van der Waals surface area contributed by atoms with E-state index in [1.54, 1.807) is 0 Å². The van der Waals surface area contributed by atoms with E-state index >= 15 is 0 Å². The number of benzene rings is 1. The molecule has 1 amide bonds. The van der Waals surface area contributed by atoms with Crippen LogP contribution >= 0.6 is 23.1 Å². The van der Waals surface area contributed by atoms with Crippen LogP contribution in [0.3, 0.4) is 0 Å². The monoisotopic (exact) mass is 401 g/mol. The van der Waals surface area contributed by atoms with E-state index in [1.165, 1.54) is 33.2 Å². The Morgan fingerprint density at radius 2 is 2.00 bits per heavy atom. The number of aromatic nitrogens is 2. The van der Waals surface area contributed by atoms with E-state index in [-0.39, 0.29) is 18.0 Å². The van der Waals surface area contributed by atoms with Crippen molar-refractivity contribution in [3.8, 4) is 0 Å². The van der Waals surface area contributed by atoms with E-state index in [0.29, 0.717) is 16.5 Å². The molecule has 0 radical (unpaired) electrons. The Bertz CT molecular complexity index is 1020. The summed E-state index contributed by atoms with van der Waals surface area (Å²) in [6.45, 7) is 6.25. The molecule has 0 aliphatic carbocycles. The van der Waals surface area contributed by atoms with Crippen LogP contribution in [-0.2, 0) is 17.8 Å². The van der Waals surface area contributed by atoms with Gasteiger partial charge in [0.05, 0.1) is 5.39 Å². The second-order valence-electron chi connectivity index (χ2n) is 6.60. The maximum atomic E-state index is 12.9. The molecule has 5 nitrogen and oxygen atoms in total. The highest BCUT2D eigenvalue weighted by Gasteiger charge is 2.16. The molecule has 0 saturated carbocycles. The number of aryl methyl sites for hydroxylation is 1. The predicted molar refractivity (Wildman–Crippen MR) is 114 cm³/mol. The molecule has 2 heterocycles. The minimum absolute atomic E-state index is 0.0544. The Morgan fingerprint density at radius 3 is 2.59 bits per heavy atom. The van der Waals surface area contributed by atoms with Gasteiger partial charge in [0.25, 0.3) is 5.56 Å². The van der Waals surface area contributed by atoms with E-state index in [9.17, 15) is 9.59 Å². The van der Waals surface area contributed by atoms with Crippen LogP contribution in [0, 0.1) is 0 Å². The molecule has 0 aliphatic heterocycles. The molecule has 1 aromatic carbocycles. The lowest BCUT2D eigenvalue weighted by Crippen LogP contribution is -2.29. The Balaban J connectivity index is 1.85. The Morgan fingerprint density at radius 1 is 1.30 bits per heavy atom. The molecule has 0 atom stereocenters. The fraction of sp³-hybridized carbons (Fsp3) is 0.350. The lowest BCUT2D eigenvalue weighted by molar-refractivity contribution is -0.116. The van der Waals surface area contributed by atoms with Gasteiger partial charge in [0, 0.05) is 10.6 Å². The molecule has 3 aromatic rings. The normalized spacial score (nSPS) is 11.3. The van der Waals surface area contributed by atoms with Crippen molar-refractivity contribution in [3.05, 3.63) is 51.1 Å². The van der Waals surface area contributed by atoms with E-state index in [0.717, 1.165) is 21.8 Å².